The minimum atomic E-state index is -0.220. The SMILES string of the molecule is Nn1c(SCc2nc3cc(Cl)ccc3c(=O)[nH]2)nnc1-c1ccco1. The number of fused-ring (bicyclic) bond motifs is 1. The first kappa shape index (κ1) is 15.7. The quantitative estimate of drug-likeness (QED) is 0.416. The predicted octanol–water partition coefficient (Wildman–Crippen LogP) is 2.43. The van der Waals surface area contributed by atoms with Crippen LogP contribution in [0.5, 0.6) is 0 Å². The van der Waals surface area contributed by atoms with Crippen molar-refractivity contribution in [1.29, 1.82) is 0 Å². The van der Waals surface area contributed by atoms with Crippen molar-refractivity contribution in [3.05, 3.63) is 57.8 Å². The lowest BCUT2D eigenvalue weighted by molar-refractivity contribution is 0.574. The fraction of sp³-hybridized carbons (Fsp3) is 0.0667. The number of benzene rings is 1. The van der Waals surface area contributed by atoms with Gasteiger partial charge in [-0.2, -0.15) is 0 Å². The van der Waals surface area contributed by atoms with E-state index in [2.05, 4.69) is 20.2 Å². The average Bonchev–Trinajstić information content (AvgIpc) is 3.22. The van der Waals surface area contributed by atoms with Crippen LogP contribution in [0.2, 0.25) is 5.02 Å². The van der Waals surface area contributed by atoms with Crippen molar-refractivity contribution in [3.63, 3.8) is 0 Å². The van der Waals surface area contributed by atoms with Crippen LogP contribution >= 0.6 is 23.4 Å². The number of nitrogens with zero attached hydrogens (tertiary/aromatic N) is 4. The first-order chi connectivity index (χ1) is 12.1. The van der Waals surface area contributed by atoms with E-state index in [9.17, 15) is 4.79 Å². The van der Waals surface area contributed by atoms with E-state index in [-0.39, 0.29) is 5.56 Å². The monoisotopic (exact) mass is 374 g/mol. The van der Waals surface area contributed by atoms with Crippen LogP contribution in [-0.4, -0.2) is 24.8 Å². The van der Waals surface area contributed by atoms with Gasteiger partial charge >= 0.3 is 0 Å². The number of aromatic nitrogens is 5. The molecule has 3 aromatic heterocycles. The highest BCUT2D eigenvalue weighted by atomic mass is 35.5. The second kappa shape index (κ2) is 6.26. The molecule has 0 saturated carbocycles. The first-order valence-corrected chi connectivity index (χ1v) is 8.54. The number of aromatic amines is 1. The lowest BCUT2D eigenvalue weighted by Crippen LogP contribution is -2.13. The van der Waals surface area contributed by atoms with Gasteiger partial charge in [-0.1, -0.05) is 23.4 Å². The minimum Gasteiger partial charge on any atom is -0.461 e. The highest BCUT2D eigenvalue weighted by molar-refractivity contribution is 7.98. The Morgan fingerprint density at radius 3 is 3.00 bits per heavy atom. The third-order valence-corrected chi connectivity index (χ3v) is 4.65. The summed E-state index contributed by atoms with van der Waals surface area (Å²) in [5, 5.41) is 9.53. The normalized spacial score (nSPS) is 11.2. The molecule has 0 radical (unpaired) electrons. The van der Waals surface area contributed by atoms with Crippen LogP contribution in [0.4, 0.5) is 0 Å². The molecule has 25 heavy (non-hydrogen) atoms. The topological polar surface area (TPSA) is 116 Å². The van der Waals surface area contributed by atoms with Gasteiger partial charge in [-0.3, -0.25) is 4.79 Å². The molecule has 0 spiro atoms. The molecular formula is C15H11ClN6O2S. The number of furan rings is 1. The van der Waals surface area contributed by atoms with Crippen molar-refractivity contribution in [2.24, 2.45) is 0 Å². The molecule has 0 bridgehead atoms. The summed E-state index contributed by atoms with van der Waals surface area (Å²) >= 11 is 7.26. The maximum atomic E-state index is 12.1. The molecule has 0 atom stereocenters. The fourth-order valence-electron chi connectivity index (χ4n) is 2.31. The lowest BCUT2D eigenvalue weighted by Gasteiger charge is -2.04. The average molecular weight is 375 g/mol. The zero-order valence-electron chi connectivity index (χ0n) is 12.6. The Balaban J connectivity index is 1.60. The zero-order chi connectivity index (χ0) is 17.4. The number of nitrogens with two attached hydrogens (primary N) is 1. The van der Waals surface area contributed by atoms with Crippen LogP contribution in [0.3, 0.4) is 0 Å². The Morgan fingerprint density at radius 1 is 1.32 bits per heavy atom. The number of H-pyrrole nitrogens is 1. The van der Waals surface area contributed by atoms with Crippen LogP contribution < -0.4 is 11.4 Å². The fourth-order valence-corrected chi connectivity index (χ4v) is 3.20. The first-order valence-electron chi connectivity index (χ1n) is 7.17. The molecule has 0 aliphatic rings. The molecule has 0 unspecified atom stereocenters. The molecule has 0 amide bonds. The van der Waals surface area contributed by atoms with E-state index >= 15 is 0 Å². The van der Waals surface area contributed by atoms with Crippen molar-refractivity contribution >= 4 is 34.3 Å². The van der Waals surface area contributed by atoms with Crippen molar-refractivity contribution in [3.8, 4) is 11.6 Å². The van der Waals surface area contributed by atoms with Crippen molar-refractivity contribution < 1.29 is 4.42 Å². The number of thioether (sulfide) groups is 1. The van der Waals surface area contributed by atoms with Gasteiger partial charge < -0.3 is 15.2 Å². The van der Waals surface area contributed by atoms with Gasteiger partial charge in [-0.25, -0.2) is 9.66 Å². The number of hydrogen-bond donors (Lipinski definition) is 2. The summed E-state index contributed by atoms with van der Waals surface area (Å²) in [5.41, 5.74) is 0.320. The van der Waals surface area contributed by atoms with E-state index in [4.69, 9.17) is 21.9 Å². The van der Waals surface area contributed by atoms with Crippen molar-refractivity contribution in [2.75, 3.05) is 5.84 Å². The van der Waals surface area contributed by atoms with Crippen LogP contribution in [0.15, 0.2) is 51.0 Å². The summed E-state index contributed by atoms with van der Waals surface area (Å²) in [6.45, 7) is 0. The summed E-state index contributed by atoms with van der Waals surface area (Å²) in [6, 6.07) is 8.44. The molecule has 0 saturated heterocycles. The van der Waals surface area contributed by atoms with Gasteiger partial charge in [0, 0.05) is 5.02 Å². The summed E-state index contributed by atoms with van der Waals surface area (Å²) in [4.78, 5) is 19.3. The Kier molecular flexibility index (Phi) is 3.94. The summed E-state index contributed by atoms with van der Waals surface area (Å²) in [6.07, 6.45) is 1.53. The van der Waals surface area contributed by atoms with Gasteiger partial charge in [-0.05, 0) is 30.3 Å². The number of hydrogen-bond acceptors (Lipinski definition) is 7. The molecule has 0 aliphatic carbocycles. The zero-order valence-corrected chi connectivity index (χ0v) is 14.2. The maximum Gasteiger partial charge on any atom is 0.258 e. The van der Waals surface area contributed by atoms with Gasteiger partial charge in [0.05, 0.1) is 22.9 Å². The summed E-state index contributed by atoms with van der Waals surface area (Å²) in [7, 11) is 0. The predicted molar refractivity (Wildman–Crippen MR) is 94.8 cm³/mol. The Labute approximate surface area is 150 Å². The second-order valence-electron chi connectivity index (χ2n) is 5.12. The molecule has 1 aromatic carbocycles. The summed E-state index contributed by atoms with van der Waals surface area (Å²) < 4.78 is 6.60. The maximum absolute atomic E-state index is 12.1. The highest BCUT2D eigenvalue weighted by Gasteiger charge is 2.15. The number of halogens is 1. The van der Waals surface area contributed by atoms with E-state index in [1.54, 1.807) is 30.3 Å². The van der Waals surface area contributed by atoms with Crippen LogP contribution in [0, 0.1) is 0 Å². The van der Waals surface area contributed by atoms with E-state index in [0.29, 0.717) is 44.2 Å². The van der Waals surface area contributed by atoms with Crippen molar-refractivity contribution in [2.45, 2.75) is 10.9 Å². The van der Waals surface area contributed by atoms with Crippen LogP contribution in [-0.2, 0) is 5.75 Å². The lowest BCUT2D eigenvalue weighted by atomic mass is 10.2. The standard InChI is InChI=1S/C15H11ClN6O2S/c16-8-3-4-9-10(6-8)18-12(19-14(9)23)7-25-15-21-20-13(22(15)17)11-2-1-5-24-11/h1-6H,7,17H2,(H,18,19,23). The van der Waals surface area contributed by atoms with Gasteiger partial charge in [0.2, 0.25) is 11.0 Å². The third kappa shape index (κ3) is 2.99. The van der Waals surface area contributed by atoms with E-state index in [1.807, 2.05) is 0 Å². The van der Waals surface area contributed by atoms with Gasteiger partial charge in [0.25, 0.3) is 5.56 Å². The second-order valence-corrected chi connectivity index (χ2v) is 6.50. The smallest absolute Gasteiger partial charge is 0.258 e. The number of nitrogen functional groups attached to an aromatic ring is 1. The molecule has 0 fully saturated rings. The summed E-state index contributed by atoms with van der Waals surface area (Å²) in [5.74, 6) is 7.80. The molecule has 3 heterocycles. The van der Waals surface area contributed by atoms with E-state index < -0.39 is 0 Å². The molecule has 3 N–H and O–H groups in total. The number of rotatable bonds is 4. The molecule has 10 heteroatoms. The third-order valence-electron chi connectivity index (χ3n) is 3.46. The highest BCUT2D eigenvalue weighted by Crippen LogP contribution is 2.24. The minimum absolute atomic E-state index is 0.220. The Morgan fingerprint density at radius 2 is 2.20 bits per heavy atom. The number of nitrogens with one attached hydrogen (secondary N) is 1. The van der Waals surface area contributed by atoms with Crippen LogP contribution in [0.1, 0.15) is 5.82 Å². The van der Waals surface area contributed by atoms with E-state index in [0.717, 1.165) is 0 Å². The van der Waals surface area contributed by atoms with Gasteiger partial charge in [-0.15, -0.1) is 10.2 Å². The molecule has 8 nitrogen and oxygen atoms in total. The van der Waals surface area contributed by atoms with Gasteiger partial charge in [0.1, 0.15) is 5.82 Å². The van der Waals surface area contributed by atoms with E-state index in [1.165, 1.54) is 22.7 Å². The largest absolute Gasteiger partial charge is 0.461 e. The Hall–Kier alpha value is -2.78. The molecular weight excluding hydrogens is 364 g/mol. The molecule has 4 aromatic rings. The van der Waals surface area contributed by atoms with Crippen molar-refractivity contribution in [1.82, 2.24) is 24.8 Å². The molecule has 126 valence electrons. The van der Waals surface area contributed by atoms with Crippen LogP contribution in [0.25, 0.3) is 22.5 Å². The van der Waals surface area contributed by atoms with Gasteiger partial charge in [0.15, 0.2) is 5.76 Å². The Bertz CT molecular complexity index is 1110. The molecule has 0 aliphatic heterocycles. The molecule has 4 rings (SSSR count).